The van der Waals surface area contributed by atoms with Crippen molar-refractivity contribution in [2.45, 2.75) is 12.2 Å². The smallest absolute Gasteiger partial charge is 0.349 e. The molecule has 0 aliphatic carbocycles. The maximum absolute atomic E-state index is 11.4. The van der Waals surface area contributed by atoms with Crippen molar-refractivity contribution in [3.8, 4) is 11.5 Å². The number of rotatable bonds is 7. The lowest BCUT2D eigenvalue weighted by Crippen LogP contribution is -2.47. The molecule has 0 saturated heterocycles. The monoisotopic (exact) mass is 370 g/mol. The van der Waals surface area contributed by atoms with Gasteiger partial charge in [0, 0.05) is 10.0 Å². The van der Waals surface area contributed by atoms with Gasteiger partial charge in [0.2, 0.25) is 12.2 Å². The molecule has 0 bridgehead atoms. The Morgan fingerprint density at radius 2 is 1.00 bits per heavy atom. The second kappa shape index (κ2) is 7.90. The van der Waals surface area contributed by atoms with Crippen molar-refractivity contribution in [2.24, 2.45) is 0 Å². The third-order valence-corrected chi connectivity index (χ3v) is 3.42. The Bertz CT molecular complexity index is 651. The molecule has 8 heteroatoms. The number of benzene rings is 2. The topological polar surface area (TPSA) is 93.1 Å². The molecule has 2 aromatic rings. The highest BCUT2D eigenvalue weighted by Gasteiger charge is 2.38. The summed E-state index contributed by atoms with van der Waals surface area (Å²) in [6.45, 7) is 0. The van der Waals surface area contributed by atoms with E-state index in [0.717, 1.165) is 0 Å². The molecule has 24 heavy (non-hydrogen) atoms. The zero-order chi connectivity index (χ0) is 17.7. The molecule has 2 atom stereocenters. The summed E-state index contributed by atoms with van der Waals surface area (Å²) in [5.74, 6) is -2.66. The van der Waals surface area contributed by atoms with Crippen LogP contribution in [0.15, 0.2) is 48.5 Å². The zero-order valence-electron chi connectivity index (χ0n) is 12.1. The van der Waals surface area contributed by atoms with E-state index < -0.39 is 24.1 Å². The molecule has 0 amide bonds. The van der Waals surface area contributed by atoms with E-state index in [1.54, 1.807) is 0 Å². The van der Waals surface area contributed by atoms with Crippen LogP contribution in [0.3, 0.4) is 0 Å². The molecule has 2 rings (SSSR count). The molecule has 0 saturated carbocycles. The summed E-state index contributed by atoms with van der Waals surface area (Å²) in [6.07, 6.45) is -3.53. The summed E-state index contributed by atoms with van der Waals surface area (Å²) >= 11 is 11.5. The highest BCUT2D eigenvalue weighted by Crippen LogP contribution is 2.21. The summed E-state index contributed by atoms with van der Waals surface area (Å²) in [4.78, 5) is 22.9. The van der Waals surface area contributed by atoms with Crippen LogP contribution in [-0.4, -0.2) is 34.4 Å². The predicted octanol–water partition coefficient (Wildman–Crippen LogP) is 3.36. The minimum atomic E-state index is -1.76. The Labute approximate surface area is 147 Å². The summed E-state index contributed by atoms with van der Waals surface area (Å²) in [5.41, 5.74) is 0. The normalized spacial score (nSPS) is 12.9. The zero-order valence-corrected chi connectivity index (χ0v) is 13.6. The molecule has 0 radical (unpaired) electrons. The minimum absolute atomic E-state index is 0.151. The van der Waals surface area contributed by atoms with E-state index in [-0.39, 0.29) is 11.5 Å². The first-order chi connectivity index (χ1) is 11.4. The summed E-state index contributed by atoms with van der Waals surface area (Å²) in [7, 11) is 0. The van der Waals surface area contributed by atoms with Crippen LogP contribution in [-0.2, 0) is 9.59 Å². The van der Waals surface area contributed by atoms with Crippen LogP contribution in [0.2, 0.25) is 10.0 Å². The molecule has 0 aliphatic heterocycles. The van der Waals surface area contributed by atoms with Crippen LogP contribution in [0, 0.1) is 0 Å². The van der Waals surface area contributed by atoms with Gasteiger partial charge in [-0.1, -0.05) is 23.2 Å². The Hall–Kier alpha value is -2.44. The fourth-order valence-corrected chi connectivity index (χ4v) is 2.05. The molecule has 2 unspecified atom stereocenters. The van der Waals surface area contributed by atoms with Crippen molar-refractivity contribution in [3.05, 3.63) is 58.6 Å². The van der Waals surface area contributed by atoms with Gasteiger partial charge in [0.15, 0.2) is 0 Å². The molecular weight excluding hydrogens is 359 g/mol. The number of carboxylic acid groups (broad SMARTS) is 2. The van der Waals surface area contributed by atoms with Gasteiger partial charge in [-0.05, 0) is 48.5 Å². The first-order valence-corrected chi connectivity index (χ1v) is 7.42. The van der Waals surface area contributed by atoms with Crippen LogP contribution in [0.25, 0.3) is 0 Å². The Morgan fingerprint density at radius 3 is 1.25 bits per heavy atom. The third kappa shape index (κ3) is 4.78. The lowest BCUT2D eigenvalue weighted by atomic mass is 10.2. The molecule has 126 valence electrons. The number of hydrogen-bond acceptors (Lipinski definition) is 4. The van der Waals surface area contributed by atoms with Gasteiger partial charge in [-0.3, -0.25) is 0 Å². The van der Waals surface area contributed by atoms with Crippen LogP contribution < -0.4 is 9.47 Å². The standard InChI is InChI=1S/C16H12Cl2O6/c17-9-1-5-11(6-2-9)23-13(15(19)20)14(16(21)22)24-12-7-3-10(18)4-8-12/h1-8,13-14H,(H,19,20)(H,21,22). The van der Waals surface area contributed by atoms with Crippen molar-refractivity contribution in [3.63, 3.8) is 0 Å². The molecule has 0 spiro atoms. The van der Waals surface area contributed by atoms with Crippen LogP contribution in [0.1, 0.15) is 0 Å². The maximum Gasteiger partial charge on any atom is 0.349 e. The van der Waals surface area contributed by atoms with E-state index in [1.807, 2.05) is 0 Å². The number of carboxylic acids is 2. The summed E-state index contributed by atoms with van der Waals surface area (Å²) < 4.78 is 10.5. The van der Waals surface area contributed by atoms with E-state index in [1.165, 1.54) is 48.5 Å². The van der Waals surface area contributed by atoms with Crippen molar-refractivity contribution in [1.29, 1.82) is 0 Å². The van der Waals surface area contributed by atoms with Crippen molar-refractivity contribution in [2.75, 3.05) is 0 Å². The number of aliphatic carboxylic acids is 2. The van der Waals surface area contributed by atoms with Gasteiger partial charge >= 0.3 is 11.9 Å². The van der Waals surface area contributed by atoms with Gasteiger partial charge in [-0.2, -0.15) is 0 Å². The predicted molar refractivity (Wildman–Crippen MR) is 87.0 cm³/mol. The van der Waals surface area contributed by atoms with Gasteiger partial charge in [-0.25, -0.2) is 9.59 Å². The Morgan fingerprint density at radius 1 is 0.708 bits per heavy atom. The van der Waals surface area contributed by atoms with Crippen molar-refractivity contribution in [1.82, 2.24) is 0 Å². The van der Waals surface area contributed by atoms with Gasteiger partial charge in [-0.15, -0.1) is 0 Å². The molecule has 0 fully saturated rings. The number of halogens is 2. The Kier molecular flexibility index (Phi) is 5.89. The average molecular weight is 371 g/mol. The SMILES string of the molecule is O=C(O)C(Oc1ccc(Cl)cc1)C(Oc1ccc(Cl)cc1)C(=O)O. The summed E-state index contributed by atoms with van der Waals surface area (Å²) in [6, 6.07) is 11.7. The molecule has 6 nitrogen and oxygen atoms in total. The summed E-state index contributed by atoms with van der Waals surface area (Å²) in [5, 5.41) is 19.5. The third-order valence-electron chi connectivity index (χ3n) is 2.92. The van der Waals surface area contributed by atoms with Crippen LogP contribution >= 0.6 is 23.2 Å². The second-order valence-electron chi connectivity index (χ2n) is 4.66. The number of ether oxygens (including phenoxy) is 2. The van der Waals surface area contributed by atoms with Crippen molar-refractivity contribution >= 4 is 35.1 Å². The fraction of sp³-hybridized carbons (Fsp3) is 0.125. The van der Waals surface area contributed by atoms with E-state index in [2.05, 4.69) is 0 Å². The molecule has 0 aliphatic rings. The first-order valence-electron chi connectivity index (χ1n) is 6.67. The highest BCUT2D eigenvalue weighted by molar-refractivity contribution is 6.30. The average Bonchev–Trinajstić information content (AvgIpc) is 2.54. The van der Waals surface area contributed by atoms with Gasteiger partial charge < -0.3 is 19.7 Å². The van der Waals surface area contributed by atoms with Crippen molar-refractivity contribution < 1.29 is 29.3 Å². The van der Waals surface area contributed by atoms with E-state index in [4.69, 9.17) is 32.7 Å². The lowest BCUT2D eigenvalue weighted by Gasteiger charge is -2.22. The quantitative estimate of drug-likeness (QED) is 0.775. The van der Waals surface area contributed by atoms with Gasteiger partial charge in [0.25, 0.3) is 0 Å². The highest BCUT2D eigenvalue weighted by atomic mass is 35.5. The number of hydrogen-bond donors (Lipinski definition) is 2. The van der Waals surface area contributed by atoms with Gasteiger partial charge in [0.1, 0.15) is 11.5 Å². The molecule has 2 aromatic carbocycles. The minimum Gasteiger partial charge on any atom is -0.478 e. The van der Waals surface area contributed by atoms with E-state index in [0.29, 0.717) is 10.0 Å². The molecule has 0 aromatic heterocycles. The fourth-order valence-electron chi connectivity index (χ4n) is 1.80. The first kappa shape index (κ1) is 17.9. The van der Waals surface area contributed by atoms with Crippen LogP contribution in [0.4, 0.5) is 0 Å². The van der Waals surface area contributed by atoms with Gasteiger partial charge in [0.05, 0.1) is 0 Å². The van der Waals surface area contributed by atoms with Crippen LogP contribution in [0.5, 0.6) is 11.5 Å². The molecule has 2 N–H and O–H groups in total. The van der Waals surface area contributed by atoms with E-state index in [9.17, 15) is 19.8 Å². The number of carbonyl (C=O) groups is 2. The second-order valence-corrected chi connectivity index (χ2v) is 5.53. The molecular formula is C16H12Cl2O6. The Balaban J connectivity index is 2.23. The lowest BCUT2D eigenvalue weighted by molar-refractivity contribution is -0.161. The maximum atomic E-state index is 11.4. The largest absolute Gasteiger partial charge is 0.478 e. The molecule has 0 heterocycles. The van der Waals surface area contributed by atoms with E-state index >= 15 is 0 Å².